The van der Waals surface area contributed by atoms with Crippen LogP contribution in [0.4, 0.5) is 0 Å². The first-order valence-corrected chi connectivity index (χ1v) is 7.72. The minimum atomic E-state index is -0.526. The summed E-state index contributed by atoms with van der Waals surface area (Å²) in [7, 11) is 0. The Labute approximate surface area is 134 Å². The van der Waals surface area contributed by atoms with Gasteiger partial charge in [-0.3, -0.25) is 9.59 Å². The van der Waals surface area contributed by atoms with E-state index in [1.165, 1.54) is 0 Å². The topological polar surface area (TPSA) is 88.9 Å². The molecule has 0 radical (unpaired) electrons. The summed E-state index contributed by atoms with van der Waals surface area (Å²) >= 11 is 0. The minimum absolute atomic E-state index is 0.171. The molecule has 0 fully saturated rings. The van der Waals surface area contributed by atoms with Crippen molar-refractivity contribution in [3.63, 3.8) is 0 Å². The highest BCUT2D eigenvalue weighted by Gasteiger charge is 2.28. The fraction of sp³-hybridized carbons (Fsp3) is 0.375. The molecule has 1 aromatic carbocycles. The highest BCUT2D eigenvalue weighted by atomic mass is 16.2. The fourth-order valence-corrected chi connectivity index (χ4v) is 2.74. The molecule has 1 unspecified atom stereocenters. The zero-order valence-corrected chi connectivity index (χ0v) is 13.0. The van der Waals surface area contributed by atoms with Crippen molar-refractivity contribution >= 4 is 11.8 Å². The van der Waals surface area contributed by atoms with E-state index in [9.17, 15) is 9.59 Å². The molecule has 1 atom stereocenters. The number of hydrogen-bond acceptors (Lipinski definition) is 4. The lowest BCUT2D eigenvalue weighted by Gasteiger charge is -2.24. The standard InChI is InChI=1S/C16H19N5O2/c1-2-21-10-18-20-14(21)7-8-17-16(23)13-9-11-5-3-4-6-12(11)15(22)19-13/h3-6,10,13H,2,7-9H2,1H3,(H,17,23)(H,19,22). The molecule has 1 aliphatic heterocycles. The highest BCUT2D eigenvalue weighted by Crippen LogP contribution is 2.16. The number of aryl methyl sites for hydroxylation is 1. The maximum Gasteiger partial charge on any atom is 0.252 e. The molecular weight excluding hydrogens is 294 g/mol. The number of fused-ring (bicyclic) bond motifs is 1. The van der Waals surface area contributed by atoms with E-state index in [-0.39, 0.29) is 11.8 Å². The second kappa shape index (κ2) is 6.60. The summed E-state index contributed by atoms with van der Waals surface area (Å²) in [6, 6.07) is 6.84. The van der Waals surface area contributed by atoms with Crippen molar-refractivity contribution in [3.05, 3.63) is 47.5 Å². The molecule has 1 aliphatic rings. The Kier molecular flexibility index (Phi) is 4.36. The predicted octanol–water partition coefficient (Wildman–Crippen LogP) is 0.311. The zero-order chi connectivity index (χ0) is 16.2. The SMILES string of the molecule is CCn1cnnc1CCNC(=O)C1Cc2ccccc2C(=O)N1. The van der Waals surface area contributed by atoms with Crippen LogP contribution < -0.4 is 10.6 Å². The van der Waals surface area contributed by atoms with E-state index in [1.807, 2.05) is 29.7 Å². The van der Waals surface area contributed by atoms with Crippen LogP contribution in [0.5, 0.6) is 0 Å². The number of carbonyl (C=O) groups is 2. The molecule has 2 N–H and O–H groups in total. The third-order valence-corrected chi connectivity index (χ3v) is 3.99. The van der Waals surface area contributed by atoms with Gasteiger partial charge in [0.2, 0.25) is 5.91 Å². The molecule has 1 aromatic heterocycles. The number of hydrogen-bond donors (Lipinski definition) is 2. The fourth-order valence-electron chi connectivity index (χ4n) is 2.74. The van der Waals surface area contributed by atoms with E-state index in [1.54, 1.807) is 12.4 Å². The van der Waals surface area contributed by atoms with Gasteiger partial charge in [-0.25, -0.2) is 0 Å². The molecule has 0 saturated carbocycles. The Morgan fingerprint density at radius 1 is 1.43 bits per heavy atom. The van der Waals surface area contributed by atoms with Gasteiger partial charge in [-0.05, 0) is 18.6 Å². The molecule has 0 aliphatic carbocycles. The monoisotopic (exact) mass is 313 g/mol. The van der Waals surface area contributed by atoms with E-state index in [2.05, 4.69) is 20.8 Å². The molecule has 0 bridgehead atoms. The second-order valence-corrected chi connectivity index (χ2v) is 5.46. The Morgan fingerprint density at radius 2 is 2.26 bits per heavy atom. The average Bonchev–Trinajstić information content (AvgIpc) is 3.02. The highest BCUT2D eigenvalue weighted by molar-refractivity contribution is 6.00. The van der Waals surface area contributed by atoms with E-state index < -0.39 is 6.04 Å². The number of benzene rings is 1. The molecule has 2 heterocycles. The van der Waals surface area contributed by atoms with E-state index in [4.69, 9.17) is 0 Å². The molecule has 2 aromatic rings. The Bertz CT molecular complexity index is 725. The van der Waals surface area contributed by atoms with Crippen molar-refractivity contribution in [1.82, 2.24) is 25.4 Å². The van der Waals surface area contributed by atoms with Crippen molar-refractivity contribution in [3.8, 4) is 0 Å². The Morgan fingerprint density at radius 3 is 3.09 bits per heavy atom. The number of aromatic nitrogens is 3. The first-order chi connectivity index (χ1) is 11.2. The summed E-state index contributed by atoms with van der Waals surface area (Å²) < 4.78 is 1.94. The van der Waals surface area contributed by atoms with Gasteiger partial charge in [-0.2, -0.15) is 0 Å². The molecular formula is C16H19N5O2. The van der Waals surface area contributed by atoms with Gasteiger partial charge in [-0.15, -0.1) is 10.2 Å². The maximum absolute atomic E-state index is 12.3. The minimum Gasteiger partial charge on any atom is -0.354 e. The second-order valence-electron chi connectivity index (χ2n) is 5.46. The van der Waals surface area contributed by atoms with Gasteiger partial charge in [0.25, 0.3) is 5.91 Å². The zero-order valence-electron chi connectivity index (χ0n) is 13.0. The first-order valence-electron chi connectivity index (χ1n) is 7.72. The predicted molar refractivity (Wildman–Crippen MR) is 83.8 cm³/mol. The molecule has 0 saturated heterocycles. The van der Waals surface area contributed by atoms with Gasteiger partial charge < -0.3 is 15.2 Å². The van der Waals surface area contributed by atoms with Crippen LogP contribution in [0.2, 0.25) is 0 Å². The van der Waals surface area contributed by atoms with Crippen LogP contribution in [0.3, 0.4) is 0 Å². The van der Waals surface area contributed by atoms with Crippen molar-refractivity contribution in [2.45, 2.75) is 32.4 Å². The van der Waals surface area contributed by atoms with Crippen LogP contribution in [-0.2, 0) is 24.2 Å². The van der Waals surface area contributed by atoms with Crippen molar-refractivity contribution in [2.75, 3.05) is 6.54 Å². The van der Waals surface area contributed by atoms with Crippen LogP contribution in [0.25, 0.3) is 0 Å². The van der Waals surface area contributed by atoms with Crippen molar-refractivity contribution in [2.24, 2.45) is 0 Å². The van der Waals surface area contributed by atoms with Crippen LogP contribution in [0.15, 0.2) is 30.6 Å². The average molecular weight is 313 g/mol. The Hall–Kier alpha value is -2.70. The van der Waals surface area contributed by atoms with Crippen LogP contribution in [-0.4, -0.2) is 39.2 Å². The lowest BCUT2D eigenvalue weighted by atomic mass is 9.95. The third kappa shape index (κ3) is 3.23. The van der Waals surface area contributed by atoms with Gasteiger partial charge in [0.1, 0.15) is 18.2 Å². The van der Waals surface area contributed by atoms with Gasteiger partial charge in [-0.1, -0.05) is 18.2 Å². The number of carbonyl (C=O) groups excluding carboxylic acids is 2. The van der Waals surface area contributed by atoms with Gasteiger partial charge in [0.05, 0.1) is 0 Å². The van der Waals surface area contributed by atoms with Crippen LogP contribution >= 0.6 is 0 Å². The lowest BCUT2D eigenvalue weighted by Crippen LogP contribution is -2.51. The molecule has 120 valence electrons. The molecule has 0 spiro atoms. The summed E-state index contributed by atoms with van der Waals surface area (Å²) in [6.45, 7) is 3.28. The molecule has 23 heavy (non-hydrogen) atoms. The third-order valence-electron chi connectivity index (χ3n) is 3.99. The number of rotatable bonds is 5. The maximum atomic E-state index is 12.3. The summed E-state index contributed by atoms with van der Waals surface area (Å²) in [4.78, 5) is 24.3. The lowest BCUT2D eigenvalue weighted by molar-refractivity contribution is -0.123. The summed E-state index contributed by atoms with van der Waals surface area (Å²) in [5.74, 6) is 0.471. The summed E-state index contributed by atoms with van der Waals surface area (Å²) in [5, 5.41) is 13.5. The molecule has 2 amide bonds. The van der Waals surface area contributed by atoms with Gasteiger partial charge >= 0.3 is 0 Å². The van der Waals surface area contributed by atoms with Crippen molar-refractivity contribution in [1.29, 1.82) is 0 Å². The normalized spacial score (nSPS) is 16.6. The van der Waals surface area contributed by atoms with E-state index in [0.29, 0.717) is 24.9 Å². The summed E-state index contributed by atoms with van der Waals surface area (Å²) in [6.07, 6.45) is 2.80. The first kappa shape index (κ1) is 15.2. The summed E-state index contributed by atoms with van der Waals surface area (Å²) in [5.41, 5.74) is 1.55. The number of amides is 2. The van der Waals surface area contributed by atoms with Crippen LogP contribution in [0.1, 0.15) is 28.7 Å². The smallest absolute Gasteiger partial charge is 0.252 e. The molecule has 3 rings (SSSR count). The quantitative estimate of drug-likeness (QED) is 0.831. The largest absolute Gasteiger partial charge is 0.354 e. The van der Waals surface area contributed by atoms with E-state index >= 15 is 0 Å². The van der Waals surface area contributed by atoms with Gasteiger partial charge in [0, 0.05) is 31.5 Å². The number of nitrogens with zero attached hydrogens (tertiary/aromatic N) is 3. The van der Waals surface area contributed by atoms with E-state index in [0.717, 1.165) is 17.9 Å². The van der Waals surface area contributed by atoms with Crippen LogP contribution in [0, 0.1) is 0 Å². The molecule has 7 nitrogen and oxygen atoms in total. The Balaban J connectivity index is 1.56. The molecule has 7 heteroatoms. The van der Waals surface area contributed by atoms with Crippen molar-refractivity contribution < 1.29 is 9.59 Å². The number of nitrogens with one attached hydrogen (secondary N) is 2. The van der Waals surface area contributed by atoms with Gasteiger partial charge in [0.15, 0.2) is 0 Å².